The topological polar surface area (TPSA) is 78.1 Å². The molecule has 0 heterocycles. The number of nitrogens with zero attached hydrogens (tertiary/aromatic N) is 1. The zero-order chi connectivity index (χ0) is 19.7. The molecule has 6 nitrogen and oxygen atoms in total. The quantitative estimate of drug-likeness (QED) is 0.412. The summed E-state index contributed by atoms with van der Waals surface area (Å²) in [6, 6.07) is 12.4. The van der Waals surface area contributed by atoms with E-state index in [0.29, 0.717) is 25.3 Å². The maximum Gasteiger partial charge on any atom is 0.573 e. The molecule has 0 bridgehead atoms. The molecular weight excluding hydrogens is 363 g/mol. The van der Waals surface area contributed by atoms with Crippen molar-refractivity contribution in [1.82, 2.24) is 0 Å². The average molecular weight is 383 g/mol. The van der Waals surface area contributed by atoms with Crippen molar-refractivity contribution >= 4 is 11.6 Å². The van der Waals surface area contributed by atoms with Gasteiger partial charge in [0.05, 0.1) is 13.7 Å². The normalized spacial score (nSPS) is 11.8. The Labute approximate surface area is 154 Å². The van der Waals surface area contributed by atoms with Crippen molar-refractivity contribution in [3.05, 3.63) is 48.5 Å². The summed E-state index contributed by atoms with van der Waals surface area (Å²) in [7, 11) is 1.59. The van der Waals surface area contributed by atoms with Crippen LogP contribution in [0.2, 0.25) is 0 Å². The van der Waals surface area contributed by atoms with Crippen LogP contribution in [0.15, 0.2) is 53.5 Å². The van der Waals surface area contributed by atoms with E-state index in [1.165, 1.54) is 24.3 Å². The number of ether oxygens (including phenoxy) is 3. The molecule has 0 spiro atoms. The van der Waals surface area contributed by atoms with Crippen molar-refractivity contribution in [2.24, 2.45) is 10.7 Å². The van der Waals surface area contributed by atoms with Gasteiger partial charge < -0.3 is 25.3 Å². The van der Waals surface area contributed by atoms with Crippen LogP contribution in [0.25, 0.3) is 0 Å². The van der Waals surface area contributed by atoms with Gasteiger partial charge in [0, 0.05) is 18.7 Å². The number of rotatable bonds is 8. The molecule has 27 heavy (non-hydrogen) atoms. The minimum Gasteiger partial charge on any atom is -0.497 e. The lowest BCUT2D eigenvalue weighted by Crippen LogP contribution is -2.23. The predicted molar refractivity (Wildman–Crippen MR) is 96.3 cm³/mol. The summed E-state index contributed by atoms with van der Waals surface area (Å²) >= 11 is 0. The van der Waals surface area contributed by atoms with E-state index < -0.39 is 6.36 Å². The van der Waals surface area contributed by atoms with Crippen molar-refractivity contribution in [3.63, 3.8) is 0 Å². The SMILES string of the molecule is COc1ccc(OCCCN=C(N)Nc2ccc(OC(F)(F)F)cc2)cc1. The Morgan fingerprint density at radius 3 is 2.19 bits per heavy atom. The maximum absolute atomic E-state index is 12.1. The molecule has 0 atom stereocenters. The van der Waals surface area contributed by atoms with Crippen LogP contribution in [0.4, 0.5) is 18.9 Å². The third-order valence-corrected chi connectivity index (χ3v) is 3.27. The summed E-state index contributed by atoms with van der Waals surface area (Å²) in [5.74, 6) is 1.33. The van der Waals surface area contributed by atoms with E-state index >= 15 is 0 Å². The second-order valence-corrected chi connectivity index (χ2v) is 5.34. The van der Waals surface area contributed by atoms with Crippen molar-refractivity contribution in [1.29, 1.82) is 0 Å². The van der Waals surface area contributed by atoms with E-state index in [1.54, 1.807) is 19.2 Å². The van der Waals surface area contributed by atoms with Crippen LogP contribution >= 0.6 is 0 Å². The van der Waals surface area contributed by atoms with Gasteiger partial charge in [0.1, 0.15) is 17.2 Å². The van der Waals surface area contributed by atoms with Gasteiger partial charge in [-0.3, -0.25) is 4.99 Å². The highest BCUT2D eigenvalue weighted by Crippen LogP contribution is 2.23. The van der Waals surface area contributed by atoms with Gasteiger partial charge in [-0.2, -0.15) is 0 Å². The number of benzene rings is 2. The van der Waals surface area contributed by atoms with Crippen LogP contribution in [0.5, 0.6) is 17.2 Å². The van der Waals surface area contributed by atoms with Gasteiger partial charge in [-0.05, 0) is 48.5 Å². The zero-order valence-corrected chi connectivity index (χ0v) is 14.6. The minimum atomic E-state index is -4.72. The van der Waals surface area contributed by atoms with Gasteiger partial charge in [-0.15, -0.1) is 13.2 Å². The second-order valence-electron chi connectivity index (χ2n) is 5.34. The van der Waals surface area contributed by atoms with E-state index in [4.69, 9.17) is 15.2 Å². The molecule has 9 heteroatoms. The Bertz CT molecular complexity index is 732. The molecule has 0 aliphatic heterocycles. The fourth-order valence-corrected chi connectivity index (χ4v) is 2.05. The molecule has 2 rings (SSSR count). The van der Waals surface area contributed by atoms with E-state index in [9.17, 15) is 13.2 Å². The monoisotopic (exact) mass is 383 g/mol. The van der Waals surface area contributed by atoms with Crippen molar-refractivity contribution < 1.29 is 27.4 Å². The summed E-state index contributed by atoms with van der Waals surface area (Å²) in [5, 5.41) is 2.79. The Balaban J connectivity index is 1.70. The molecule has 2 aromatic carbocycles. The highest BCUT2D eigenvalue weighted by molar-refractivity contribution is 5.92. The summed E-state index contributed by atoms with van der Waals surface area (Å²) in [5.41, 5.74) is 6.24. The molecule has 0 aliphatic rings. The van der Waals surface area contributed by atoms with E-state index in [2.05, 4.69) is 15.0 Å². The molecule has 0 radical (unpaired) electrons. The standard InChI is InChI=1S/C18H20F3N3O3/c1-25-14-7-9-15(10-8-14)26-12-2-11-23-17(22)24-13-3-5-16(6-4-13)27-18(19,20)21/h3-10H,2,11-12H2,1H3,(H3,22,23,24). The van der Waals surface area contributed by atoms with Crippen molar-refractivity contribution in [3.8, 4) is 17.2 Å². The number of guanidine groups is 1. The molecule has 0 aliphatic carbocycles. The highest BCUT2D eigenvalue weighted by Gasteiger charge is 2.30. The first kappa shape index (κ1) is 20.2. The van der Waals surface area contributed by atoms with E-state index in [0.717, 1.165) is 11.5 Å². The summed E-state index contributed by atoms with van der Waals surface area (Å²) in [4.78, 5) is 4.13. The van der Waals surface area contributed by atoms with Gasteiger partial charge in [-0.25, -0.2) is 0 Å². The molecule has 3 N–H and O–H groups in total. The zero-order valence-electron chi connectivity index (χ0n) is 14.6. The number of anilines is 1. The number of alkyl halides is 3. The Morgan fingerprint density at radius 2 is 1.59 bits per heavy atom. The van der Waals surface area contributed by atoms with Crippen LogP contribution in [0.3, 0.4) is 0 Å². The lowest BCUT2D eigenvalue weighted by atomic mass is 10.3. The van der Waals surface area contributed by atoms with Crippen molar-refractivity contribution in [2.45, 2.75) is 12.8 Å². The first-order valence-corrected chi connectivity index (χ1v) is 8.05. The van der Waals surface area contributed by atoms with Gasteiger partial charge in [0.2, 0.25) is 0 Å². The molecule has 2 aromatic rings. The smallest absolute Gasteiger partial charge is 0.497 e. The number of aliphatic imine (C=N–C) groups is 1. The summed E-state index contributed by atoms with van der Waals surface area (Å²) in [6.45, 7) is 0.900. The Morgan fingerprint density at radius 1 is 1.00 bits per heavy atom. The fourth-order valence-electron chi connectivity index (χ4n) is 2.05. The molecule has 0 saturated heterocycles. The molecule has 0 aromatic heterocycles. The number of methoxy groups -OCH3 is 1. The number of halogens is 3. The maximum atomic E-state index is 12.1. The predicted octanol–water partition coefficient (Wildman–Crippen LogP) is 3.79. The number of nitrogens with two attached hydrogens (primary N) is 1. The summed E-state index contributed by atoms with van der Waals surface area (Å²) in [6.07, 6.45) is -4.07. The van der Waals surface area contributed by atoms with Gasteiger partial charge >= 0.3 is 6.36 Å². The van der Waals surface area contributed by atoms with Gasteiger partial charge in [0.15, 0.2) is 5.96 Å². The highest BCUT2D eigenvalue weighted by atomic mass is 19.4. The lowest BCUT2D eigenvalue weighted by Gasteiger charge is -2.10. The number of hydrogen-bond donors (Lipinski definition) is 2. The lowest BCUT2D eigenvalue weighted by molar-refractivity contribution is -0.274. The molecule has 0 unspecified atom stereocenters. The van der Waals surface area contributed by atoms with E-state index in [1.807, 2.05) is 12.1 Å². The molecule has 0 amide bonds. The summed E-state index contributed by atoms with van der Waals surface area (Å²) < 4.78 is 50.7. The van der Waals surface area contributed by atoms with Gasteiger partial charge in [-0.1, -0.05) is 0 Å². The third kappa shape index (κ3) is 7.76. The second kappa shape index (κ2) is 9.56. The average Bonchev–Trinajstić information content (AvgIpc) is 2.62. The largest absolute Gasteiger partial charge is 0.573 e. The van der Waals surface area contributed by atoms with Crippen LogP contribution in [0.1, 0.15) is 6.42 Å². The molecular formula is C18H20F3N3O3. The molecule has 0 saturated carbocycles. The van der Waals surface area contributed by atoms with Crippen molar-refractivity contribution in [2.75, 3.05) is 25.6 Å². The van der Waals surface area contributed by atoms with Crippen LogP contribution in [0, 0.1) is 0 Å². The van der Waals surface area contributed by atoms with Crippen LogP contribution < -0.4 is 25.3 Å². The van der Waals surface area contributed by atoms with E-state index in [-0.39, 0.29) is 11.7 Å². The third-order valence-electron chi connectivity index (χ3n) is 3.27. The minimum absolute atomic E-state index is 0.156. The Hall–Kier alpha value is -3.10. The first-order chi connectivity index (χ1) is 12.9. The number of hydrogen-bond acceptors (Lipinski definition) is 4. The Kier molecular flexibility index (Phi) is 7.16. The molecule has 146 valence electrons. The van der Waals surface area contributed by atoms with Crippen LogP contribution in [-0.4, -0.2) is 32.6 Å². The van der Waals surface area contributed by atoms with Crippen LogP contribution in [-0.2, 0) is 0 Å². The first-order valence-electron chi connectivity index (χ1n) is 8.05. The number of nitrogens with one attached hydrogen (secondary N) is 1. The molecule has 0 fully saturated rings. The van der Waals surface area contributed by atoms with Gasteiger partial charge in [0.25, 0.3) is 0 Å². The fraction of sp³-hybridized carbons (Fsp3) is 0.278.